The normalized spacial score (nSPS) is 14.0. The zero-order valence-electron chi connectivity index (χ0n) is 21.8. The van der Waals surface area contributed by atoms with E-state index in [4.69, 9.17) is 8.85 Å². The molecule has 0 N–H and O–H groups in total. The molecule has 32 heavy (non-hydrogen) atoms. The molecule has 0 aliphatic carbocycles. The Bertz CT molecular complexity index is 820. The Morgan fingerprint density at radius 2 is 1.22 bits per heavy atom. The fraction of sp³-hybridized carbons (Fsp3) is 0.500. The summed E-state index contributed by atoms with van der Waals surface area (Å²) in [5.41, 5.74) is 1.27. The van der Waals surface area contributed by atoms with Gasteiger partial charge in [-0.3, -0.25) is 0 Å². The maximum Gasteiger partial charge on any atom is 0.261 e. The van der Waals surface area contributed by atoms with Gasteiger partial charge in [0.1, 0.15) is 0 Å². The van der Waals surface area contributed by atoms with Crippen molar-refractivity contribution in [3.05, 3.63) is 72.3 Å². The summed E-state index contributed by atoms with van der Waals surface area (Å²) in [6.07, 6.45) is 3.23. The van der Waals surface area contributed by atoms with Crippen molar-refractivity contribution in [2.24, 2.45) is 0 Å². The molecule has 2 rings (SSSR count). The van der Waals surface area contributed by atoms with Crippen LogP contribution in [0.5, 0.6) is 0 Å². The number of benzene rings is 2. The van der Waals surface area contributed by atoms with Gasteiger partial charge >= 0.3 is 0 Å². The molecule has 0 saturated carbocycles. The van der Waals surface area contributed by atoms with Gasteiger partial charge in [0.25, 0.3) is 8.32 Å². The molecule has 2 nitrogen and oxygen atoms in total. The standard InChI is InChI=1S/C28H44O2Si2/c1-24(17-16-22-29-31(8,9)27(2,3)4)23-30-32(28(5,6)7,25-18-12-10-13-19-25)26-20-14-11-15-21-26/h10-15,17-21H,16,22-23H2,1-9H3/b24-17-. The Hall–Kier alpha value is -1.47. The molecule has 0 amide bonds. The minimum Gasteiger partial charge on any atom is -0.417 e. The van der Waals surface area contributed by atoms with Crippen LogP contribution in [-0.4, -0.2) is 29.8 Å². The van der Waals surface area contributed by atoms with Crippen molar-refractivity contribution in [1.82, 2.24) is 0 Å². The van der Waals surface area contributed by atoms with Gasteiger partial charge in [-0.2, -0.15) is 0 Å². The maximum atomic E-state index is 7.02. The Morgan fingerprint density at radius 3 is 1.62 bits per heavy atom. The highest BCUT2D eigenvalue weighted by Crippen LogP contribution is 2.37. The Kier molecular flexibility index (Phi) is 8.91. The lowest BCUT2D eigenvalue weighted by Gasteiger charge is -2.43. The molecule has 0 heterocycles. The second-order valence-electron chi connectivity index (χ2n) is 11.4. The van der Waals surface area contributed by atoms with Gasteiger partial charge in [0.15, 0.2) is 8.32 Å². The number of rotatable bonds is 9. The number of hydrogen-bond donors (Lipinski definition) is 0. The first-order valence-electron chi connectivity index (χ1n) is 11.9. The van der Waals surface area contributed by atoms with Crippen LogP contribution in [0.1, 0.15) is 54.9 Å². The van der Waals surface area contributed by atoms with Crippen molar-refractivity contribution >= 4 is 27.0 Å². The highest BCUT2D eigenvalue weighted by molar-refractivity contribution is 6.99. The molecule has 0 aliphatic heterocycles. The van der Waals surface area contributed by atoms with E-state index in [0.717, 1.165) is 13.0 Å². The summed E-state index contributed by atoms with van der Waals surface area (Å²) in [4.78, 5) is 0. The third-order valence-electron chi connectivity index (χ3n) is 6.81. The second-order valence-corrected chi connectivity index (χ2v) is 20.5. The second kappa shape index (κ2) is 10.6. The van der Waals surface area contributed by atoms with E-state index in [2.05, 4.69) is 128 Å². The van der Waals surface area contributed by atoms with E-state index in [1.165, 1.54) is 15.9 Å². The fourth-order valence-corrected chi connectivity index (χ4v) is 9.54. The smallest absolute Gasteiger partial charge is 0.261 e. The van der Waals surface area contributed by atoms with Gasteiger partial charge in [-0.15, -0.1) is 0 Å². The molecule has 0 radical (unpaired) electrons. The molecule has 0 bridgehead atoms. The van der Waals surface area contributed by atoms with E-state index in [1.54, 1.807) is 0 Å². The van der Waals surface area contributed by atoms with E-state index in [-0.39, 0.29) is 10.1 Å². The summed E-state index contributed by atoms with van der Waals surface area (Å²) in [5.74, 6) is 0. The van der Waals surface area contributed by atoms with Crippen LogP contribution in [-0.2, 0) is 8.85 Å². The maximum absolute atomic E-state index is 7.02. The molecule has 0 unspecified atom stereocenters. The van der Waals surface area contributed by atoms with Gasteiger partial charge in [-0.25, -0.2) is 0 Å². The average molecular weight is 469 g/mol. The summed E-state index contributed by atoms with van der Waals surface area (Å²) in [5, 5.41) is 2.90. The predicted octanol–water partition coefficient (Wildman–Crippen LogP) is 6.92. The zero-order chi connectivity index (χ0) is 24.0. The summed E-state index contributed by atoms with van der Waals surface area (Å²) >= 11 is 0. The minimum absolute atomic E-state index is 0.00142. The summed E-state index contributed by atoms with van der Waals surface area (Å²) in [6.45, 7) is 22.1. The van der Waals surface area contributed by atoms with E-state index in [9.17, 15) is 0 Å². The van der Waals surface area contributed by atoms with Crippen LogP contribution in [0.4, 0.5) is 0 Å². The molecule has 4 heteroatoms. The fourth-order valence-electron chi connectivity index (χ4n) is 3.88. The first-order valence-corrected chi connectivity index (χ1v) is 16.7. The van der Waals surface area contributed by atoms with Crippen LogP contribution in [0.2, 0.25) is 23.2 Å². The molecule has 0 atom stereocenters. The molecule has 176 valence electrons. The van der Waals surface area contributed by atoms with E-state index >= 15 is 0 Å². The van der Waals surface area contributed by atoms with Crippen LogP contribution in [0, 0.1) is 0 Å². The van der Waals surface area contributed by atoms with Crippen molar-refractivity contribution in [3.8, 4) is 0 Å². The van der Waals surface area contributed by atoms with Crippen molar-refractivity contribution in [2.75, 3.05) is 13.2 Å². The lowest BCUT2D eigenvalue weighted by Crippen LogP contribution is -2.66. The summed E-state index contributed by atoms with van der Waals surface area (Å²) in [7, 11) is -4.17. The lowest BCUT2D eigenvalue weighted by atomic mass is 10.2. The lowest BCUT2D eigenvalue weighted by molar-refractivity contribution is 0.293. The molecule has 2 aromatic carbocycles. The van der Waals surface area contributed by atoms with Crippen LogP contribution in [0.15, 0.2) is 72.3 Å². The van der Waals surface area contributed by atoms with Gasteiger partial charge in [0, 0.05) is 6.61 Å². The Labute approximate surface area is 199 Å². The van der Waals surface area contributed by atoms with E-state index in [0.29, 0.717) is 6.61 Å². The summed E-state index contributed by atoms with van der Waals surface area (Å²) in [6, 6.07) is 21.7. The summed E-state index contributed by atoms with van der Waals surface area (Å²) < 4.78 is 13.4. The first-order chi connectivity index (χ1) is 14.8. The average Bonchev–Trinajstić information content (AvgIpc) is 2.71. The van der Waals surface area contributed by atoms with Gasteiger partial charge in [-0.05, 0) is 46.9 Å². The van der Waals surface area contributed by atoms with Gasteiger partial charge < -0.3 is 8.85 Å². The SMILES string of the molecule is C/C(=C/CCO[Si](C)(C)C(C)(C)C)CO[Si](c1ccccc1)(c1ccccc1)C(C)(C)C. The van der Waals surface area contributed by atoms with Crippen LogP contribution in [0.3, 0.4) is 0 Å². The molecule has 0 spiro atoms. The predicted molar refractivity (Wildman–Crippen MR) is 145 cm³/mol. The highest BCUT2D eigenvalue weighted by atomic mass is 28.4. The van der Waals surface area contributed by atoms with Gasteiger partial charge in [-0.1, -0.05) is 114 Å². The first kappa shape index (κ1) is 26.8. The third-order valence-corrected chi connectivity index (χ3v) is 16.3. The molecular formula is C28H44O2Si2. The van der Waals surface area contributed by atoms with E-state index < -0.39 is 16.6 Å². The van der Waals surface area contributed by atoms with E-state index in [1.807, 2.05) is 0 Å². The molecular weight excluding hydrogens is 424 g/mol. The van der Waals surface area contributed by atoms with Gasteiger partial charge in [0.2, 0.25) is 0 Å². The van der Waals surface area contributed by atoms with Crippen LogP contribution >= 0.6 is 0 Å². The monoisotopic (exact) mass is 468 g/mol. The Balaban J connectivity index is 2.22. The Morgan fingerprint density at radius 1 is 0.750 bits per heavy atom. The number of hydrogen-bond acceptors (Lipinski definition) is 2. The zero-order valence-corrected chi connectivity index (χ0v) is 23.8. The van der Waals surface area contributed by atoms with Gasteiger partial charge in [0.05, 0.1) is 6.61 Å². The highest BCUT2D eigenvalue weighted by Gasteiger charge is 2.50. The van der Waals surface area contributed by atoms with Crippen molar-refractivity contribution in [1.29, 1.82) is 0 Å². The van der Waals surface area contributed by atoms with Crippen molar-refractivity contribution in [2.45, 2.75) is 78.1 Å². The molecule has 0 aromatic heterocycles. The van der Waals surface area contributed by atoms with Crippen LogP contribution in [0.25, 0.3) is 0 Å². The quantitative estimate of drug-likeness (QED) is 0.226. The molecule has 0 aliphatic rings. The van der Waals surface area contributed by atoms with Crippen molar-refractivity contribution in [3.63, 3.8) is 0 Å². The largest absolute Gasteiger partial charge is 0.417 e. The van der Waals surface area contributed by atoms with Crippen molar-refractivity contribution < 1.29 is 8.85 Å². The minimum atomic E-state index is -2.48. The molecule has 0 saturated heterocycles. The third kappa shape index (κ3) is 6.31. The molecule has 0 fully saturated rings. The molecule has 2 aromatic rings. The topological polar surface area (TPSA) is 18.5 Å². The van der Waals surface area contributed by atoms with Crippen LogP contribution < -0.4 is 10.4 Å².